The van der Waals surface area contributed by atoms with Gasteiger partial charge in [-0.15, -0.1) is 11.8 Å². The molecule has 2 aromatic rings. The highest BCUT2D eigenvalue weighted by atomic mass is 32.2. The summed E-state index contributed by atoms with van der Waals surface area (Å²) in [5, 5.41) is 1.18. The van der Waals surface area contributed by atoms with Gasteiger partial charge in [0.15, 0.2) is 0 Å². The normalized spacial score (nSPS) is 10.6. The Labute approximate surface area is 69.4 Å². The molecule has 0 fully saturated rings. The van der Waals surface area contributed by atoms with Gasteiger partial charge in [-0.05, 0) is 30.5 Å². The van der Waals surface area contributed by atoms with E-state index in [-0.39, 0.29) is 0 Å². The van der Waals surface area contributed by atoms with Crippen molar-refractivity contribution in [2.45, 2.75) is 4.90 Å². The highest BCUT2D eigenvalue weighted by molar-refractivity contribution is 7.98. The van der Waals surface area contributed by atoms with Crippen molar-refractivity contribution >= 4 is 22.7 Å². The minimum Gasteiger partial charge on any atom is -0.464 e. The molecular weight excluding hydrogens is 156 g/mol. The molecule has 0 saturated heterocycles. The molecule has 0 N–H and O–H groups in total. The molecule has 0 unspecified atom stereocenters. The van der Waals surface area contributed by atoms with Crippen molar-refractivity contribution < 1.29 is 4.42 Å². The van der Waals surface area contributed by atoms with Crippen LogP contribution in [0.4, 0.5) is 0 Å². The lowest BCUT2D eigenvalue weighted by Gasteiger charge is -1.93. The fourth-order valence-electron chi connectivity index (χ4n) is 1.07. The van der Waals surface area contributed by atoms with Crippen LogP contribution in [0.1, 0.15) is 0 Å². The number of thioether (sulfide) groups is 1. The number of benzene rings is 1. The minimum absolute atomic E-state index is 0.961. The van der Waals surface area contributed by atoms with Gasteiger partial charge in [0, 0.05) is 10.3 Å². The molecule has 1 aromatic heterocycles. The summed E-state index contributed by atoms with van der Waals surface area (Å²) in [4.78, 5) is 1.28. The summed E-state index contributed by atoms with van der Waals surface area (Å²) >= 11 is 1.75. The van der Waals surface area contributed by atoms with Gasteiger partial charge in [-0.3, -0.25) is 0 Å². The number of hydrogen-bond acceptors (Lipinski definition) is 2. The summed E-state index contributed by atoms with van der Waals surface area (Å²) in [5.74, 6) is 0. The predicted octanol–water partition coefficient (Wildman–Crippen LogP) is 3.15. The van der Waals surface area contributed by atoms with E-state index in [2.05, 4.69) is 18.4 Å². The van der Waals surface area contributed by atoms with Crippen molar-refractivity contribution in [2.75, 3.05) is 6.26 Å². The Hall–Kier alpha value is -0.890. The predicted molar refractivity (Wildman–Crippen MR) is 48.0 cm³/mol. The zero-order valence-electron chi connectivity index (χ0n) is 6.20. The van der Waals surface area contributed by atoms with Crippen LogP contribution in [0.15, 0.2) is 39.8 Å². The van der Waals surface area contributed by atoms with Gasteiger partial charge in [0.1, 0.15) is 5.58 Å². The maximum Gasteiger partial charge on any atom is 0.133 e. The average Bonchev–Trinajstić information content (AvgIpc) is 2.50. The Balaban J connectivity index is 2.67. The second-order valence-electron chi connectivity index (χ2n) is 2.32. The van der Waals surface area contributed by atoms with Crippen LogP contribution >= 0.6 is 11.8 Å². The first kappa shape index (κ1) is 6.80. The van der Waals surface area contributed by atoms with Gasteiger partial charge in [0.2, 0.25) is 0 Å². The van der Waals surface area contributed by atoms with E-state index < -0.39 is 0 Å². The van der Waals surface area contributed by atoms with E-state index in [0.29, 0.717) is 0 Å². The molecule has 0 aliphatic heterocycles. The van der Waals surface area contributed by atoms with Gasteiger partial charge in [0.25, 0.3) is 0 Å². The van der Waals surface area contributed by atoms with E-state index >= 15 is 0 Å². The Kier molecular flexibility index (Phi) is 1.62. The molecule has 0 aliphatic rings. The molecule has 2 rings (SSSR count). The lowest BCUT2D eigenvalue weighted by molar-refractivity contribution is 0.615. The number of rotatable bonds is 1. The Bertz CT molecular complexity index is 364. The van der Waals surface area contributed by atoms with Gasteiger partial charge in [-0.2, -0.15) is 0 Å². The highest BCUT2D eigenvalue weighted by Gasteiger charge is 1.96. The van der Waals surface area contributed by atoms with Crippen LogP contribution in [0.25, 0.3) is 11.0 Å². The fourth-order valence-corrected chi connectivity index (χ4v) is 1.52. The molecule has 1 aromatic carbocycles. The van der Waals surface area contributed by atoms with E-state index in [0.717, 1.165) is 5.58 Å². The maximum atomic E-state index is 5.21. The molecule has 0 saturated carbocycles. The smallest absolute Gasteiger partial charge is 0.133 e. The van der Waals surface area contributed by atoms with Crippen molar-refractivity contribution in [3.63, 3.8) is 0 Å². The monoisotopic (exact) mass is 164 g/mol. The topological polar surface area (TPSA) is 13.1 Å². The Morgan fingerprint density at radius 1 is 1.27 bits per heavy atom. The fraction of sp³-hybridized carbons (Fsp3) is 0.111. The van der Waals surface area contributed by atoms with Crippen LogP contribution in [-0.4, -0.2) is 6.26 Å². The first-order valence-corrected chi connectivity index (χ1v) is 4.64. The lowest BCUT2D eigenvalue weighted by Crippen LogP contribution is -1.67. The molecule has 0 bridgehead atoms. The zero-order chi connectivity index (χ0) is 7.68. The van der Waals surface area contributed by atoms with E-state index in [4.69, 9.17) is 4.42 Å². The van der Waals surface area contributed by atoms with Crippen molar-refractivity contribution in [3.05, 3.63) is 30.5 Å². The van der Waals surface area contributed by atoms with E-state index in [1.165, 1.54) is 10.3 Å². The summed E-state index contributed by atoms with van der Waals surface area (Å²) in [6.07, 6.45) is 3.79. The van der Waals surface area contributed by atoms with Crippen LogP contribution < -0.4 is 0 Å². The standard InChI is InChI=1S/C9H8OS/c1-11-8-2-3-9-7(6-8)4-5-10-9/h2-6H,1H3. The maximum absolute atomic E-state index is 5.21. The van der Waals surface area contributed by atoms with E-state index in [1.807, 2.05) is 12.1 Å². The van der Waals surface area contributed by atoms with Gasteiger partial charge in [-0.1, -0.05) is 0 Å². The average molecular weight is 164 g/mol. The molecule has 0 radical (unpaired) electrons. The second kappa shape index (κ2) is 2.62. The second-order valence-corrected chi connectivity index (χ2v) is 3.20. The van der Waals surface area contributed by atoms with Gasteiger partial charge in [-0.25, -0.2) is 0 Å². The van der Waals surface area contributed by atoms with E-state index in [1.54, 1.807) is 18.0 Å². The van der Waals surface area contributed by atoms with Crippen molar-refractivity contribution in [1.29, 1.82) is 0 Å². The van der Waals surface area contributed by atoms with Gasteiger partial charge >= 0.3 is 0 Å². The quantitative estimate of drug-likeness (QED) is 0.600. The third-order valence-electron chi connectivity index (χ3n) is 1.66. The molecule has 0 atom stereocenters. The molecule has 11 heavy (non-hydrogen) atoms. The van der Waals surface area contributed by atoms with Crippen LogP contribution in [0.2, 0.25) is 0 Å². The molecule has 0 aliphatic carbocycles. The van der Waals surface area contributed by atoms with Crippen LogP contribution in [-0.2, 0) is 0 Å². The zero-order valence-corrected chi connectivity index (χ0v) is 7.02. The lowest BCUT2D eigenvalue weighted by atomic mass is 10.3. The highest BCUT2D eigenvalue weighted by Crippen LogP contribution is 2.22. The molecule has 0 amide bonds. The summed E-state index contributed by atoms with van der Waals surface area (Å²) in [7, 11) is 0. The molecule has 1 nitrogen and oxygen atoms in total. The first-order chi connectivity index (χ1) is 5.40. The molecule has 2 heteroatoms. The molecular formula is C9H8OS. The van der Waals surface area contributed by atoms with Crippen molar-refractivity contribution in [3.8, 4) is 0 Å². The van der Waals surface area contributed by atoms with E-state index in [9.17, 15) is 0 Å². The molecule has 0 spiro atoms. The van der Waals surface area contributed by atoms with Crippen LogP contribution in [0, 0.1) is 0 Å². The van der Waals surface area contributed by atoms with Crippen LogP contribution in [0.5, 0.6) is 0 Å². The molecule has 1 heterocycles. The summed E-state index contributed by atoms with van der Waals surface area (Å²) in [6.45, 7) is 0. The first-order valence-electron chi connectivity index (χ1n) is 3.41. The third kappa shape index (κ3) is 1.14. The number of fused-ring (bicyclic) bond motifs is 1. The van der Waals surface area contributed by atoms with Crippen LogP contribution in [0.3, 0.4) is 0 Å². The summed E-state index contributed by atoms with van der Waals surface area (Å²) in [5.41, 5.74) is 0.961. The summed E-state index contributed by atoms with van der Waals surface area (Å²) < 4.78 is 5.21. The SMILES string of the molecule is CSc1ccc2occc2c1. The largest absolute Gasteiger partial charge is 0.464 e. The van der Waals surface area contributed by atoms with Crippen molar-refractivity contribution in [1.82, 2.24) is 0 Å². The Morgan fingerprint density at radius 3 is 3.00 bits per heavy atom. The van der Waals surface area contributed by atoms with Gasteiger partial charge in [0.05, 0.1) is 6.26 Å². The number of hydrogen-bond donors (Lipinski definition) is 0. The molecule has 56 valence electrons. The third-order valence-corrected chi connectivity index (χ3v) is 2.38. The minimum atomic E-state index is 0.961. The summed E-state index contributed by atoms with van der Waals surface area (Å²) in [6, 6.07) is 8.18. The van der Waals surface area contributed by atoms with Crippen molar-refractivity contribution in [2.24, 2.45) is 0 Å². The number of furan rings is 1. The van der Waals surface area contributed by atoms with Gasteiger partial charge < -0.3 is 4.42 Å². The Morgan fingerprint density at radius 2 is 2.18 bits per heavy atom.